The highest BCUT2D eigenvalue weighted by atomic mass is 16.3. The number of rotatable bonds is 2. The Morgan fingerprint density at radius 3 is 2.17 bits per heavy atom. The van der Waals surface area contributed by atoms with Crippen LogP contribution in [0.4, 0.5) is 0 Å². The predicted octanol–water partition coefficient (Wildman–Crippen LogP) is 4.45. The molecule has 4 rings (SSSR count). The Hall–Kier alpha value is -3.01. The van der Waals surface area contributed by atoms with Crippen LogP contribution in [0.5, 0.6) is 5.75 Å². The lowest BCUT2D eigenvalue weighted by atomic mass is 10.2. The Balaban J connectivity index is 2.15. The van der Waals surface area contributed by atoms with Gasteiger partial charge in [0.15, 0.2) is 0 Å². The highest BCUT2D eigenvalue weighted by Gasteiger charge is 2.19. The number of benzene rings is 1. The largest absolute Gasteiger partial charge is 0.508 e. The SMILES string of the molecule is Cc1c(-n2c(C)ccc2C)n(-c2ccc(O)cc2)c2ncccc12. The summed E-state index contributed by atoms with van der Waals surface area (Å²) in [7, 11) is 0. The number of phenolic OH excluding ortho intramolecular Hbond substituents is 1. The Morgan fingerprint density at radius 1 is 0.833 bits per heavy atom. The summed E-state index contributed by atoms with van der Waals surface area (Å²) in [6.45, 7) is 6.35. The average Bonchev–Trinajstić information content (AvgIpc) is 3.06. The van der Waals surface area contributed by atoms with Crippen molar-refractivity contribution in [3.8, 4) is 17.3 Å². The number of hydrogen-bond donors (Lipinski definition) is 1. The van der Waals surface area contributed by atoms with E-state index in [1.54, 1.807) is 12.1 Å². The van der Waals surface area contributed by atoms with E-state index in [-0.39, 0.29) is 5.75 Å². The van der Waals surface area contributed by atoms with Gasteiger partial charge in [-0.2, -0.15) is 0 Å². The molecule has 0 saturated heterocycles. The first-order chi connectivity index (χ1) is 11.6. The van der Waals surface area contributed by atoms with Crippen LogP contribution in [0.1, 0.15) is 17.0 Å². The van der Waals surface area contributed by atoms with Gasteiger partial charge in [-0.3, -0.25) is 4.57 Å². The molecule has 1 aromatic carbocycles. The molecule has 4 aromatic rings. The maximum atomic E-state index is 9.63. The maximum absolute atomic E-state index is 9.63. The second kappa shape index (κ2) is 5.27. The Labute approximate surface area is 140 Å². The average molecular weight is 317 g/mol. The topological polar surface area (TPSA) is 43.0 Å². The van der Waals surface area contributed by atoms with E-state index in [1.807, 2.05) is 24.4 Å². The quantitative estimate of drug-likeness (QED) is 0.593. The summed E-state index contributed by atoms with van der Waals surface area (Å²) in [5.74, 6) is 1.35. The molecule has 4 nitrogen and oxygen atoms in total. The molecule has 0 spiro atoms. The molecule has 0 bridgehead atoms. The summed E-state index contributed by atoms with van der Waals surface area (Å²) in [6, 6.07) is 15.6. The van der Waals surface area contributed by atoms with E-state index < -0.39 is 0 Å². The molecule has 0 atom stereocenters. The molecule has 4 heteroatoms. The van der Waals surface area contributed by atoms with E-state index in [0.717, 1.165) is 22.5 Å². The van der Waals surface area contributed by atoms with Crippen molar-refractivity contribution in [3.05, 3.63) is 71.7 Å². The predicted molar refractivity (Wildman–Crippen MR) is 96.3 cm³/mol. The van der Waals surface area contributed by atoms with Crippen molar-refractivity contribution < 1.29 is 5.11 Å². The van der Waals surface area contributed by atoms with Gasteiger partial charge >= 0.3 is 0 Å². The summed E-state index contributed by atoms with van der Waals surface area (Å²) in [5.41, 5.74) is 5.45. The van der Waals surface area contributed by atoms with Crippen LogP contribution in [-0.4, -0.2) is 19.2 Å². The number of aromatic hydroxyl groups is 1. The second-order valence-corrected chi connectivity index (χ2v) is 6.13. The first kappa shape index (κ1) is 14.6. The fraction of sp³-hybridized carbons (Fsp3) is 0.150. The normalized spacial score (nSPS) is 11.3. The zero-order valence-electron chi connectivity index (χ0n) is 14.0. The first-order valence-corrected chi connectivity index (χ1v) is 7.98. The van der Waals surface area contributed by atoms with Gasteiger partial charge in [0, 0.05) is 34.2 Å². The van der Waals surface area contributed by atoms with Crippen LogP contribution in [-0.2, 0) is 0 Å². The van der Waals surface area contributed by atoms with Crippen molar-refractivity contribution in [1.82, 2.24) is 14.1 Å². The first-order valence-electron chi connectivity index (χ1n) is 7.98. The van der Waals surface area contributed by atoms with Crippen molar-refractivity contribution in [2.24, 2.45) is 0 Å². The summed E-state index contributed by atoms with van der Waals surface area (Å²) in [4.78, 5) is 4.62. The van der Waals surface area contributed by atoms with Crippen LogP contribution < -0.4 is 0 Å². The van der Waals surface area contributed by atoms with Crippen LogP contribution in [0.2, 0.25) is 0 Å². The summed E-state index contributed by atoms with van der Waals surface area (Å²) < 4.78 is 4.41. The molecule has 0 radical (unpaired) electrons. The Bertz CT molecular complexity index is 1020. The van der Waals surface area contributed by atoms with Gasteiger partial charge in [-0.1, -0.05) is 0 Å². The monoisotopic (exact) mass is 317 g/mol. The molecule has 0 aliphatic heterocycles. The molecule has 0 fully saturated rings. The second-order valence-electron chi connectivity index (χ2n) is 6.13. The lowest BCUT2D eigenvalue weighted by Crippen LogP contribution is -2.08. The van der Waals surface area contributed by atoms with E-state index in [2.05, 4.69) is 53.1 Å². The molecule has 120 valence electrons. The van der Waals surface area contributed by atoms with Gasteiger partial charge in [-0.15, -0.1) is 0 Å². The van der Waals surface area contributed by atoms with Gasteiger partial charge in [0.1, 0.15) is 17.2 Å². The molecule has 0 aliphatic rings. The highest BCUT2D eigenvalue weighted by molar-refractivity contribution is 5.86. The Kier molecular flexibility index (Phi) is 3.20. The Morgan fingerprint density at radius 2 is 1.50 bits per heavy atom. The third-order valence-corrected chi connectivity index (χ3v) is 4.54. The fourth-order valence-electron chi connectivity index (χ4n) is 3.37. The van der Waals surface area contributed by atoms with Crippen LogP contribution in [0.25, 0.3) is 22.5 Å². The van der Waals surface area contributed by atoms with Crippen LogP contribution in [0, 0.1) is 20.8 Å². The number of hydrogen-bond acceptors (Lipinski definition) is 2. The standard InChI is InChI=1S/C20H19N3O/c1-13-6-7-14(2)22(13)20-15(3)18-5-4-12-21-19(18)23(20)16-8-10-17(24)11-9-16/h4-12,24H,1-3H3. The van der Waals surface area contributed by atoms with Gasteiger partial charge in [0.2, 0.25) is 0 Å². The minimum Gasteiger partial charge on any atom is -0.508 e. The highest BCUT2D eigenvalue weighted by Crippen LogP contribution is 2.32. The van der Waals surface area contributed by atoms with E-state index in [1.165, 1.54) is 17.0 Å². The van der Waals surface area contributed by atoms with Gasteiger partial charge in [-0.05, 0) is 69.3 Å². The summed E-state index contributed by atoms with van der Waals surface area (Å²) in [6.07, 6.45) is 1.82. The van der Waals surface area contributed by atoms with Crippen molar-refractivity contribution >= 4 is 11.0 Å². The molecular weight excluding hydrogens is 298 g/mol. The number of pyridine rings is 1. The van der Waals surface area contributed by atoms with Gasteiger partial charge in [0.25, 0.3) is 0 Å². The van der Waals surface area contributed by atoms with Crippen LogP contribution >= 0.6 is 0 Å². The lowest BCUT2D eigenvalue weighted by molar-refractivity contribution is 0.475. The van der Waals surface area contributed by atoms with Gasteiger partial charge in [-0.25, -0.2) is 4.98 Å². The van der Waals surface area contributed by atoms with E-state index in [0.29, 0.717) is 0 Å². The number of aromatic nitrogens is 3. The van der Waals surface area contributed by atoms with E-state index in [4.69, 9.17) is 0 Å². The third kappa shape index (κ3) is 2.03. The molecule has 3 heterocycles. The van der Waals surface area contributed by atoms with Crippen molar-refractivity contribution in [1.29, 1.82) is 0 Å². The minimum atomic E-state index is 0.259. The minimum absolute atomic E-state index is 0.259. The van der Waals surface area contributed by atoms with E-state index in [9.17, 15) is 5.11 Å². The van der Waals surface area contributed by atoms with Crippen molar-refractivity contribution in [2.75, 3.05) is 0 Å². The number of fused-ring (bicyclic) bond motifs is 1. The summed E-state index contributed by atoms with van der Waals surface area (Å²) >= 11 is 0. The molecule has 0 aliphatic carbocycles. The molecule has 3 aromatic heterocycles. The molecule has 24 heavy (non-hydrogen) atoms. The maximum Gasteiger partial charge on any atom is 0.146 e. The van der Waals surface area contributed by atoms with Gasteiger partial charge < -0.3 is 9.67 Å². The summed E-state index contributed by atoms with van der Waals surface area (Å²) in [5, 5.41) is 10.8. The number of phenols is 1. The number of aryl methyl sites for hydroxylation is 3. The molecule has 0 unspecified atom stereocenters. The van der Waals surface area contributed by atoms with Crippen molar-refractivity contribution in [2.45, 2.75) is 20.8 Å². The smallest absolute Gasteiger partial charge is 0.146 e. The molecule has 0 amide bonds. The molecular formula is C20H19N3O. The third-order valence-electron chi connectivity index (χ3n) is 4.54. The number of nitrogens with zero attached hydrogens (tertiary/aromatic N) is 3. The zero-order chi connectivity index (χ0) is 16.8. The van der Waals surface area contributed by atoms with Crippen LogP contribution in [0.3, 0.4) is 0 Å². The molecule has 1 N–H and O–H groups in total. The van der Waals surface area contributed by atoms with Gasteiger partial charge in [0.05, 0.1) is 0 Å². The fourth-order valence-corrected chi connectivity index (χ4v) is 3.37. The van der Waals surface area contributed by atoms with Crippen molar-refractivity contribution in [3.63, 3.8) is 0 Å². The van der Waals surface area contributed by atoms with E-state index >= 15 is 0 Å². The lowest BCUT2D eigenvalue weighted by Gasteiger charge is -2.15. The van der Waals surface area contributed by atoms with Crippen LogP contribution in [0.15, 0.2) is 54.7 Å². The molecule has 0 saturated carbocycles. The zero-order valence-corrected chi connectivity index (χ0v) is 14.0.